The van der Waals surface area contributed by atoms with Crippen molar-refractivity contribution >= 4 is 5.69 Å². The van der Waals surface area contributed by atoms with E-state index >= 15 is 0 Å². The fraction of sp³-hybridized carbons (Fsp3) is 0.250. The quantitative estimate of drug-likeness (QED) is 0.647. The van der Waals surface area contributed by atoms with Gasteiger partial charge in [-0.1, -0.05) is 0 Å². The highest BCUT2D eigenvalue weighted by molar-refractivity contribution is 5.43. The summed E-state index contributed by atoms with van der Waals surface area (Å²) in [5, 5.41) is 10.9. The van der Waals surface area contributed by atoms with Gasteiger partial charge in [-0.15, -0.1) is 0 Å². The van der Waals surface area contributed by atoms with E-state index in [9.17, 15) is 10.1 Å². The maximum atomic E-state index is 10.9. The molecule has 0 aliphatic heterocycles. The van der Waals surface area contributed by atoms with Crippen molar-refractivity contribution in [1.82, 2.24) is 9.55 Å². The number of nitro groups is 1. The van der Waals surface area contributed by atoms with Crippen LogP contribution in [0, 0.1) is 10.1 Å². The van der Waals surface area contributed by atoms with Gasteiger partial charge in [-0.3, -0.25) is 10.1 Å². The Morgan fingerprint density at radius 1 is 1.47 bits per heavy atom. The lowest BCUT2D eigenvalue weighted by atomic mass is 10.2. The molecule has 2 rings (SSSR count). The second kappa shape index (κ2) is 5.49. The molecule has 19 heavy (non-hydrogen) atoms. The van der Waals surface area contributed by atoms with Crippen molar-refractivity contribution in [2.45, 2.75) is 13.1 Å². The summed E-state index contributed by atoms with van der Waals surface area (Å²) in [6.45, 7) is 0.781. The Morgan fingerprint density at radius 2 is 2.26 bits per heavy atom. The predicted octanol–water partition coefficient (Wildman–Crippen LogP) is 1.31. The first-order valence-electron chi connectivity index (χ1n) is 5.66. The molecule has 2 aromatic rings. The van der Waals surface area contributed by atoms with Crippen molar-refractivity contribution in [3.8, 4) is 5.75 Å². The number of nitrogens with zero attached hydrogens (tertiary/aromatic N) is 3. The summed E-state index contributed by atoms with van der Waals surface area (Å²) >= 11 is 0. The minimum absolute atomic E-state index is 0.00348. The molecule has 0 spiro atoms. The second-order valence-corrected chi connectivity index (χ2v) is 3.97. The van der Waals surface area contributed by atoms with Crippen LogP contribution >= 0.6 is 0 Å². The molecule has 0 aliphatic carbocycles. The Labute approximate surface area is 109 Å². The van der Waals surface area contributed by atoms with E-state index in [0.29, 0.717) is 18.8 Å². The molecule has 2 N–H and O–H groups in total. The number of ether oxygens (including phenoxy) is 1. The summed E-state index contributed by atoms with van der Waals surface area (Å²) < 4.78 is 6.91. The number of rotatable bonds is 5. The smallest absolute Gasteiger partial charge is 0.273 e. The molecule has 0 fully saturated rings. The molecular formula is C12H14N4O3. The summed E-state index contributed by atoms with van der Waals surface area (Å²) in [5.74, 6) is 1.18. The molecule has 0 amide bonds. The summed E-state index contributed by atoms with van der Waals surface area (Å²) in [7, 11) is 1.48. The van der Waals surface area contributed by atoms with Gasteiger partial charge in [0.2, 0.25) is 0 Å². The first-order valence-corrected chi connectivity index (χ1v) is 5.66. The lowest BCUT2D eigenvalue weighted by Crippen LogP contribution is -2.09. The summed E-state index contributed by atoms with van der Waals surface area (Å²) in [6, 6.07) is 4.66. The maximum Gasteiger partial charge on any atom is 0.273 e. The number of nitro benzene ring substituents is 1. The number of nitrogens with two attached hydrogens (primary N) is 1. The van der Waals surface area contributed by atoms with Gasteiger partial charge in [-0.2, -0.15) is 0 Å². The molecule has 100 valence electrons. The zero-order valence-corrected chi connectivity index (χ0v) is 10.4. The Bertz CT molecular complexity index is 594. The first-order chi connectivity index (χ1) is 9.13. The number of hydrogen-bond donors (Lipinski definition) is 1. The molecule has 0 aliphatic rings. The molecule has 1 heterocycles. The molecular weight excluding hydrogens is 248 g/mol. The van der Waals surface area contributed by atoms with E-state index in [0.717, 1.165) is 11.4 Å². The van der Waals surface area contributed by atoms with E-state index in [2.05, 4.69) is 4.98 Å². The van der Waals surface area contributed by atoms with Gasteiger partial charge in [-0.25, -0.2) is 4.98 Å². The van der Waals surface area contributed by atoms with E-state index in [-0.39, 0.29) is 5.69 Å². The Hall–Kier alpha value is -2.41. The van der Waals surface area contributed by atoms with Crippen LogP contribution in [0.1, 0.15) is 11.4 Å². The maximum absolute atomic E-state index is 10.9. The highest BCUT2D eigenvalue weighted by Gasteiger charge is 2.11. The largest absolute Gasteiger partial charge is 0.496 e. The molecule has 0 atom stereocenters. The standard InChI is InChI=1S/C12H14N4O3/c1-19-11-5-9(4-10(6-11)16(17)18)8-15-3-2-14-12(15)7-13/h2-6H,7-8,13H2,1H3. The number of imidazole rings is 1. The van der Waals surface area contributed by atoms with Crippen LogP contribution in [-0.2, 0) is 13.1 Å². The van der Waals surface area contributed by atoms with E-state index in [1.165, 1.54) is 19.2 Å². The average Bonchev–Trinajstić information content (AvgIpc) is 2.85. The van der Waals surface area contributed by atoms with E-state index in [4.69, 9.17) is 10.5 Å². The first kappa shape index (κ1) is 13.0. The number of aromatic nitrogens is 2. The van der Waals surface area contributed by atoms with Gasteiger partial charge >= 0.3 is 0 Å². The third kappa shape index (κ3) is 2.89. The van der Waals surface area contributed by atoms with E-state index in [1.54, 1.807) is 18.5 Å². The molecule has 7 heteroatoms. The van der Waals surface area contributed by atoms with Crippen molar-refractivity contribution in [3.05, 3.63) is 52.1 Å². The Balaban J connectivity index is 2.34. The highest BCUT2D eigenvalue weighted by Crippen LogP contribution is 2.23. The molecule has 1 aromatic carbocycles. The van der Waals surface area contributed by atoms with Crippen LogP contribution in [-0.4, -0.2) is 21.6 Å². The van der Waals surface area contributed by atoms with Crippen molar-refractivity contribution in [3.63, 3.8) is 0 Å². The Morgan fingerprint density at radius 3 is 2.89 bits per heavy atom. The molecule has 1 aromatic heterocycles. The fourth-order valence-corrected chi connectivity index (χ4v) is 1.83. The third-order valence-corrected chi connectivity index (χ3v) is 2.73. The topological polar surface area (TPSA) is 96.2 Å². The predicted molar refractivity (Wildman–Crippen MR) is 68.9 cm³/mol. The van der Waals surface area contributed by atoms with E-state index in [1.807, 2.05) is 4.57 Å². The normalized spacial score (nSPS) is 10.4. The van der Waals surface area contributed by atoms with Gasteiger partial charge in [0.1, 0.15) is 11.6 Å². The highest BCUT2D eigenvalue weighted by atomic mass is 16.6. The molecule has 0 bridgehead atoms. The molecule has 0 saturated carbocycles. The van der Waals surface area contributed by atoms with Crippen molar-refractivity contribution < 1.29 is 9.66 Å². The number of hydrogen-bond acceptors (Lipinski definition) is 5. The SMILES string of the molecule is COc1cc(Cn2ccnc2CN)cc([N+](=O)[O-])c1. The minimum atomic E-state index is -0.441. The molecule has 0 unspecified atom stereocenters. The summed E-state index contributed by atoms with van der Waals surface area (Å²) in [4.78, 5) is 14.5. The van der Waals surface area contributed by atoms with Gasteiger partial charge in [0, 0.05) is 25.0 Å². The van der Waals surface area contributed by atoms with Crippen LogP contribution in [0.25, 0.3) is 0 Å². The Kier molecular flexibility index (Phi) is 3.76. The summed E-state index contributed by atoms with van der Waals surface area (Å²) in [5.41, 5.74) is 6.33. The average molecular weight is 262 g/mol. The van der Waals surface area contributed by atoms with Gasteiger partial charge in [0.25, 0.3) is 5.69 Å². The fourth-order valence-electron chi connectivity index (χ4n) is 1.83. The number of methoxy groups -OCH3 is 1. The number of non-ortho nitro benzene ring substituents is 1. The lowest BCUT2D eigenvalue weighted by molar-refractivity contribution is -0.385. The van der Waals surface area contributed by atoms with Crippen molar-refractivity contribution in [2.75, 3.05) is 7.11 Å². The zero-order valence-electron chi connectivity index (χ0n) is 10.4. The van der Waals surface area contributed by atoms with Gasteiger partial charge in [-0.05, 0) is 11.6 Å². The zero-order chi connectivity index (χ0) is 13.8. The summed E-state index contributed by atoms with van der Waals surface area (Å²) in [6.07, 6.45) is 3.43. The molecule has 0 radical (unpaired) electrons. The second-order valence-electron chi connectivity index (χ2n) is 3.97. The minimum Gasteiger partial charge on any atom is -0.496 e. The van der Waals surface area contributed by atoms with Crippen molar-refractivity contribution in [1.29, 1.82) is 0 Å². The van der Waals surface area contributed by atoms with Gasteiger partial charge in [0.05, 0.1) is 24.6 Å². The lowest BCUT2D eigenvalue weighted by Gasteiger charge is -2.08. The molecule has 0 saturated heterocycles. The third-order valence-electron chi connectivity index (χ3n) is 2.73. The van der Waals surface area contributed by atoms with Crippen molar-refractivity contribution in [2.24, 2.45) is 5.73 Å². The number of benzene rings is 1. The van der Waals surface area contributed by atoms with Crippen LogP contribution in [0.3, 0.4) is 0 Å². The van der Waals surface area contributed by atoms with Crippen LogP contribution in [0.5, 0.6) is 5.75 Å². The van der Waals surface area contributed by atoms with Crippen LogP contribution in [0.15, 0.2) is 30.6 Å². The van der Waals surface area contributed by atoms with E-state index < -0.39 is 4.92 Å². The van der Waals surface area contributed by atoms with Crippen LogP contribution in [0.2, 0.25) is 0 Å². The monoisotopic (exact) mass is 262 g/mol. The van der Waals surface area contributed by atoms with Crippen LogP contribution in [0.4, 0.5) is 5.69 Å². The van der Waals surface area contributed by atoms with Crippen LogP contribution < -0.4 is 10.5 Å². The van der Waals surface area contributed by atoms with Gasteiger partial charge in [0.15, 0.2) is 0 Å². The van der Waals surface area contributed by atoms with Gasteiger partial charge < -0.3 is 15.0 Å². The molecule has 7 nitrogen and oxygen atoms in total.